The van der Waals surface area contributed by atoms with Crippen LogP contribution in [0.15, 0.2) is 231 Å². The lowest BCUT2D eigenvalue weighted by Gasteiger charge is -2.12. The highest BCUT2D eigenvalue weighted by molar-refractivity contribution is 6.19. The van der Waals surface area contributed by atoms with E-state index in [0.29, 0.717) is 35.1 Å². The van der Waals surface area contributed by atoms with Crippen LogP contribution < -0.4 is 0 Å². The first-order valence-corrected chi connectivity index (χ1v) is 22.6. The minimum absolute atomic E-state index is 0.554. The number of hydrogen-bond acceptors (Lipinski definition) is 6. The van der Waals surface area contributed by atoms with Gasteiger partial charge in [-0.05, 0) is 53.6 Å². The standard InChI is InChI=1S/C60H38N8/c1-5-19-39(20-6-1)43-27-17-28-44(35-43)58-61-55(40-21-7-2-8-22-40)62-59(64-58)45-29-18-30-46(36-45)67-51-33-15-13-31-47(51)49-38-54-50(37-53(49)67)48-32-14-16-34-52(48)68(54)60-65-56(41-23-9-3-10-24-41)63-57(66-60)42-25-11-4-12-26-42/h1-38H. The SMILES string of the molecule is c1ccc(-c2cccc(-c3nc(-c4ccccc4)nc(-c4cccc(-n5c6ccccc6c6cc7c(cc65)c5ccccc5n7-c5nc(-c6ccccc6)nc(-c6ccccc6)n5)c4)n3)c2)cc1. The zero-order valence-corrected chi connectivity index (χ0v) is 36.5. The van der Waals surface area contributed by atoms with Crippen LogP contribution in [0.2, 0.25) is 0 Å². The van der Waals surface area contributed by atoms with Gasteiger partial charge >= 0.3 is 0 Å². The van der Waals surface area contributed by atoms with Gasteiger partial charge in [-0.25, -0.2) is 19.9 Å². The Balaban J connectivity index is 1.00. The fraction of sp³-hybridized carbons (Fsp3) is 0. The van der Waals surface area contributed by atoms with Crippen LogP contribution in [0.3, 0.4) is 0 Å². The van der Waals surface area contributed by atoms with E-state index in [1.165, 1.54) is 0 Å². The van der Waals surface area contributed by atoms with Gasteiger partial charge < -0.3 is 4.57 Å². The number of rotatable bonds is 8. The van der Waals surface area contributed by atoms with Gasteiger partial charge in [0.25, 0.3) is 0 Å². The molecular formula is C60H38N8. The van der Waals surface area contributed by atoms with E-state index in [-0.39, 0.29) is 0 Å². The van der Waals surface area contributed by atoms with E-state index in [1.807, 2.05) is 97.1 Å². The summed E-state index contributed by atoms with van der Waals surface area (Å²) in [5.74, 6) is 3.59. The molecule has 8 heteroatoms. The minimum Gasteiger partial charge on any atom is -0.309 e. The molecule has 0 spiro atoms. The summed E-state index contributed by atoms with van der Waals surface area (Å²) in [5, 5.41) is 4.42. The van der Waals surface area contributed by atoms with Crippen molar-refractivity contribution in [2.45, 2.75) is 0 Å². The van der Waals surface area contributed by atoms with Crippen LogP contribution in [0.1, 0.15) is 0 Å². The van der Waals surface area contributed by atoms with E-state index in [0.717, 1.165) is 88.2 Å². The molecule has 0 bridgehead atoms. The van der Waals surface area contributed by atoms with Gasteiger partial charge in [0, 0.05) is 55.0 Å². The zero-order chi connectivity index (χ0) is 45.0. The molecule has 9 aromatic carbocycles. The first-order chi connectivity index (χ1) is 33.7. The van der Waals surface area contributed by atoms with Gasteiger partial charge in [0.1, 0.15) is 0 Å². The molecule has 4 heterocycles. The van der Waals surface area contributed by atoms with Crippen LogP contribution >= 0.6 is 0 Å². The normalized spacial score (nSPS) is 11.5. The van der Waals surface area contributed by atoms with Gasteiger partial charge in [0.2, 0.25) is 5.95 Å². The van der Waals surface area contributed by atoms with E-state index in [2.05, 4.69) is 143 Å². The summed E-state index contributed by atoms with van der Waals surface area (Å²) in [6.07, 6.45) is 0. The Labute approximate surface area is 391 Å². The van der Waals surface area contributed by atoms with Crippen LogP contribution in [0.4, 0.5) is 0 Å². The summed E-state index contributed by atoms with van der Waals surface area (Å²) < 4.78 is 4.54. The van der Waals surface area contributed by atoms with Crippen LogP contribution in [0, 0.1) is 0 Å². The highest BCUT2D eigenvalue weighted by atomic mass is 15.2. The van der Waals surface area contributed by atoms with E-state index in [4.69, 9.17) is 29.9 Å². The quantitative estimate of drug-likeness (QED) is 0.151. The minimum atomic E-state index is 0.554. The lowest BCUT2D eigenvalue weighted by molar-refractivity contribution is 0.954. The first-order valence-electron chi connectivity index (χ1n) is 22.6. The summed E-state index contributed by atoms with van der Waals surface area (Å²) in [6.45, 7) is 0. The van der Waals surface area contributed by atoms with Gasteiger partial charge in [0.05, 0.1) is 22.1 Å². The van der Waals surface area contributed by atoms with Crippen molar-refractivity contribution in [1.29, 1.82) is 0 Å². The number of aromatic nitrogens is 8. The average Bonchev–Trinajstić information content (AvgIpc) is 3.93. The Morgan fingerprint density at radius 1 is 0.221 bits per heavy atom. The summed E-state index contributed by atoms with van der Waals surface area (Å²) >= 11 is 0. The van der Waals surface area contributed by atoms with E-state index in [1.54, 1.807) is 0 Å². The second kappa shape index (κ2) is 16.2. The lowest BCUT2D eigenvalue weighted by atomic mass is 10.0. The molecule has 0 aliphatic rings. The Kier molecular flexibility index (Phi) is 9.31. The van der Waals surface area contributed by atoms with Gasteiger partial charge in [-0.1, -0.05) is 188 Å². The summed E-state index contributed by atoms with van der Waals surface area (Å²) in [5.41, 5.74) is 11.9. The second-order valence-electron chi connectivity index (χ2n) is 16.8. The van der Waals surface area contributed by atoms with Crippen molar-refractivity contribution in [2.24, 2.45) is 0 Å². The van der Waals surface area contributed by atoms with Gasteiger partial charge in [-0.15, -0.1) is 0 Å². The highest BCUT2D eigenvalue weighted by Gasteiger charge is 2.22. The van der Waals surface area contributed by atoms with Crippen molar-refractivity contribution in [1.82, 2.24) is 39.0 Å². The fourth-order valence-corrected chi connectivity index (χ4v) is 9.42. The van der Waals surface area contributed by atoms with Crippen molar-refractivity contribution >= 4 is 43.6 Å². The van der Waals surface area contributed by atoms with Crippen LogP contribution in [-0.4, -0.2) is 39.0 Å². The van der Waals surface area contributed by atoms with E-state index in [9.17, 15) is 0 Å². The second-order valence-corrected chi connectivity index (χ2v) is 16.8. The fourth-order valence-electron chi connectivity index (χ4n) is 9.42. The van der Waals surface area contributed by atoms with Gasteiger partial charge in [0.15, 0.2) is 29.1 Å². The monoisotopic (exact) mass is 870 g/mol. The average molecular weight is 871 g/mol. The summed E-state index contributed by atoms with van der Waals surface area (Å²) in [6, 6.07) is 79.4. The molecule has 8 nitrogen and oxygen atoms in total. The lowest BCUT2D eigenvalue weighted by Crippen LogP contribution is -2.06. The molecule has 0 aliphatic carbocycles. The molecule has 0 amide bonds. The Bertz CT molecular complexity index is 3960. The Morgan fingerprint density at radius 2 is 0.588 bits per heavy atom. The molecule has 0 atom stereocenters. The number of hydrogen-bond donors (Lipinski definition) is 0. The number of nitrogens with zero attached hydrogens (tertiary/aromatic N) is 8. The molecule has 0 fully saturated rings. The third-order valence-electron chi connectivity index (χ3n) is 12.6. The number of para-hydroxylation sites is 2. The number of benzene rings is 9. The third-order valence-corrected chi connectivity index (χ3v) is 12.6. The molecule has 13 rings (SSSR count). The van der Waals surface area contributed by atoms with Crippen molar-refractivity contribution in [3.8, 4) is 79.7 Å². The molecule has 0 aliphatic heterocycles. The van der Waals surface area contributed by atoms with Gasteiger partial charge in [-0.3, -0.25) is 4.57 Å². The predicted molar refractivity (Wildman–Crippen MR) is 275 cm³/mol. The van der Waals surface area contributed by atoms with Crippen LogP contribution in [0.25, 0.3) is 123 Å². The van der Waals surface area contributed by atoms with Crippen molar-refractivity contribution < 1.29 is 0 Å². The maximum atomic E-state index is 5.19. The molecule has 0 saturated heterocycles. The van der Waals surface area contributed by atoms with Crippen molar-refractivity contribution in [3.05, 3.63) is 231 Å². The first kappa shape index (κ1) is 39.0. The van der Waals surface area contributed by atoms with Crippen molar-refractivity contribution in [3.63, 3.8) is 0 Å². The molecule has 0 unspecified atom stereocenters. The molecule has 0 saturated carbocycles. The summed E-state index contributed by atoms with van der Waals surface area (Å²) in [4.78, 5) is 30.8. The molecule has 0 N–H and O–H groups in total. The molecule has 4 aromatic heterocycles. The van der Waals surface area contributed by atoms with E-state index >= 15 is 0 Å². The summed E-state index contributed by atoms with van der Waals surface area (Å²) in [7, 11) is 0. The van der Waals surface area contributed by atoms with Crippen LogP contribution in [0.5, 0.6) is 0 Å². The van der Waals surface area contributed by atoms with Crippen LogP contribution in [-0.2, 0) is 0 Å². The molecule has 13 aromatic rings. The molecular weight excluding hydrogens is 833 g/mol. The third kappa shape index (κ3) is 6.78. The predicted octanol–water partition coefficient (Wildman–Crippen LogP) is 14.3. The molecule has 0 radical (unpaired) electrons. The topological polar surface area (TPSA) is 87.2 Å². The smallest absolute Gasteiger partial charge is 0.238 e. The largest absolute Gasteiger partial charge is 0.309 e. The van der Waals surface area contributed by atoms with Crippen molar-refractivity contribution in [2.75, 3.05) is 0 Å². The Hall–Kier alpha value is -9.40. The molecule has 318 valence electrons. The van der Waals surface area contributed by atoms with Gasteiger partial charge in [-0.2, -0.15) is 9.97 Å². The highest BCUT2D eigenvalue weighted by Crippen LogP contribution is 2.40. The zero-order valence-electron chi connectivity index (χ0n) is 36.5. The van der Waals surface area contributed by atoms with E-state index < -0.39 is 0 Å². The maximum Gasteiger partial charge on any atom is 0.238 e. The Morgan fingerprint density at radius 3 is 1.12 bits per heavy atom. The maximum absolute atomic E-state index is 5.19. The molecule has 68 heavy (non-hydrogen) atoms. The number of fused-ring (bicyclic) bond motifs is 6.